The van der Waals surface area contributed by atoms with Crippen molar-refractivity contribution in [1.29, 1.82) is 0 Å². The van der Waals surface area contributed by atoms with Gasteiger partial charge in [0.05, 0.1) is 11.0 Å². The zero-order valence-corrected chi connectivity index (χ0v) is 12.0. The van der Waals surface area contributed by atoms with Crippen molar-refractivity contribution in [2.24, 2.45) is 5.41 Å². The molecule has 0 aliphatic carbocycles. The molecule has 1 rings (SSSR count). The van der Waals surface area contributed by atoms with Crippen LogP contribution in [-0.4, -0.2) is 45.7 Å². The van der Waals surface area contributed by atoms with E-state index in [1.807, 2.05) is 0 Å². The van der Waals surface area contributed by atoms with Crippen molar-refractivity contribution in [2.75, 3.05) is 32.1 Å². The molecular formula is C12H25NO3S. The van der Waals surface area contributed by atoms with Gasteiger partial charge in [-0.3, -0.25) is 0 Å². The van der Waals surface area contributed by atoms with Gasteiger partial charge in [-0.2, -0.15) is 0 Å². The molecule has 1 N–H and O–H groups in total. The molecule has 1 saturated heterocycles. The zero-order chi connectivity index (χ0) is 12.9. The molecule has 0 radical (unpaired) electrons. The Labute approximate surface area is 105 Å². The van der Waals surface area contributed by atoms with E-state index in [9.17, 15) is 8.42 Å². The molecule has 0 saturated carbocycles. The number of sulfone groups is 1. The third-order valence-electron chi connectivity index (χ3n) is 3.53. The van der Waals surface area contributed by atoms with Crippen LogP contribution in [0.2, 0.25) is 0 Å². The van der Waals surface area contributed by atoms with Gasteiger partial charge in [0.25, 0.3) is 0 Å². The molecule has 17 heavy (non-hydrogen) atoms. The van der Waals surface area contributed by atoms with Gasteiger partial charge >= 0.3 is 0 Å². The maximum atomic E-state index is 11.6. The Balaban J connectivity index is 2.24. The van der Waals surface area contributed by atoms with E-state index in [2.05, 4.69) is 12.2 Å². The summed E-state index contributed by atoms with van der Waals surface area (Å²) in [6.07, 6.45) is 2.11. The maximum absolute atomic E-state index is 11.6. The van der Waals surface area contributed by atoms with Crippen LogP contribution in [0.3, 0.4) is 0 Å². The van der Waals surface area contributed by atoms with Crippen LogP contribution in [0.25, 0.3) is 0 Å². The van der Waals surface area contributed by atoms with E-state index >= 15 is 0 Å². The maximum Gasteiger partial charge on any atom is 0.153 e. The first-order valence-corrected chi connectivity index (χ1v) is 8.07. The molecule has 102 valence electrons. The Bertz CT molecular complexity index is 319. The van der Waals surface area contributed by atoms with Crippen molar-refractivity contribution >= 4 is 9.84 Å². The fraction of sp³-hybridized carbons (Fsp3) is 1.00. The van der Waals surface area contributed by atoms with Crippen LogP contribution in [0.15, 0.2) is 0 Å². The van der Waals surface area contributed by atoms with Crippen molar-refractivity contribution in [1.82, 2.24) is 5.32 Å². The molecule has 0 aromatic rings. The van der Waals surface area contributed by atoms with Gasteiger partial charge in [-0.1, -0.05) is 6.92 Å². The molecule has 1 heterocycles. The van der Waals surface area contributed by atoms with E-state index < -0.39 is 9.84 Å². The first-order valence-electron chi connectivity index (χ1n) is 6.36. The highest BCUT2D eigenvalue weighted by molar-refractivity contribution is 7.92. The molecule has 1 aliphatic rings. The van der Waals surface area contributed by atoms with Gasteiger partial charge in [0.2, 0.25) is 0 Å². The van der Waals surface area contributed by atoms with Crippen LogP contribution in [0, 0.1) is 5.41 Å². The van der Waals surface area contributed by atoms with E-state index in [4.69, 9.17) is 4.74 Å². The Kier molecular flexibility index (Phi) is 5.41. The van der Waals surface area contributed by atoms with Gasteiger partial charge in [0.1, 0.15) is 0 Å². The van der Waals surface area contributed by atoms with Gasteiger partial charge in [0.15, 0.2) is 9.84 Å². The fourth-order valence-corrected chi connectivity index (χ4v) is 2.78. The Hall–Kier alpha value is -0.130. The van der Waals surface area contributed by atoms with E-state index in [0.717, 1.165) is 32.6 Å². The summed E-state index contributed by atoms with van der Waals surface area (Å²) in [5.41, 5.74) is 0.264. The quantitative estimate of drug-likeness (QED) is 0.732. The van der Waals surface area contributed by atoms with E-state index in [1.54, 1.807) is 13.8 Å². The molecule has 5 heteroatoms. The molecule has 1 aliphatic heterocycles. The average Bonchev–Trinajstić information content (AvgIpc) is 2.25. The molecular weight excluding hydrogens is 238 g/mol. The average molecular weight is 263 g/mol. The molecule has 4 nitrogen and oxygen atoms in total. The van der Waals surface area contributed by atoms with Gasteiger partial charge in [-0.25, -0.2) is 8.42 Å². The highest BCUT2D eigenvalue weighted by Gasteiger charge is 2.26. The number of hydrogen-bond acceptors (Lipinski definition) is 4. The predicted molar refractivity (Wildman–Crippen MR) is 70.0 cm³/mol. The van der Waals surface area contributed by atoms with E-state index in [0.29, 0.717) is 6.54 Å². The lowest BCUT2D eigenvalue weighted by molar-refractivity contribution is 0.0244. The molecule has 0 spiro atoms. The summed E-state index contributed by atoms with van der Waals surface area (Å²) in [4.78, 5) is 0. The van der Waals surface area contributed by atoms with Crippen molar-refractivity contribution in [3.8, 4) is 0 Å². The smallest absolute Gasteiger partial charge is 0.153 e. The van der Waals surface area contributed by atoms with Gasteiger partial charge in [-0.05, 0) is 32.1 Å². The summed E-state index contributed by atoms with van der Waals surface area (Å²) in [6.45, 7) is 8.77. The number of rotatable bonds is 6. The van der Waals surface area contributed by atoms with Crippen molar-refractivity contribution < 1.29 is 13.2 Å². The standard InChI is InChI=1S/C12H25NO3S/c1-11(2)17(14,15)9-6-13-10-12(3)4-7-16-8-5-12/h11,13H,4-10H2,1-3H3. The van der Waals surface area contributed by atoms with Gasteiger partial charge in [0, 0.05) is 26.3 Å². The van der Waals surface area contributed by atoms with E-state index in [1.165, 1.54) is 0 Å². The van der Waals surface area contributed by atoms with Crippen molar-refractivity contribution in [3.63, 3.8) is 0 Å². The Morgan fingerprint density at radius 3 is 2.41 bits per heavy atom. The van der Waals surface area contributed by atoms with Crippen LogP contribution in [0.5, 0.6) is 0 Å². The SMILES string of the molecule is CC(C)S(=O)(=O)CCNCC1(C)CCOCC1. The minimum absolute atomic E-state index is 0.233. The molecule has 1 fully saturated rings. The van der Waals surface area contributed by atoms with Crippen LogP contribution >= 0.6 is 0 Å². The highest BCUT2D eigenvalue weighted by atomic mass is 32.2. The van der Waals surface area contributed by atoms with Crippen molar-refractivity contribution in [2.45, 2.75) is 38.9 Å². The van der Waals surface area contributed by atoms with Crippen LogP contribution < -0.4 is 5.32 Å². The Morgan fingerprint density at radius 2 is 1.88 bits per heavy atom. The number of hydrogen-bond donors (Lipinski definition) is 1. The molecule has 0 bridgehead atoms. The van der Waals surface area contributed by atoms with Crippen LogP contribution in [-0.2, 0) is 14.6 Å². The summed E-state index contributed by atoms with van der Waals surface area (Å²) in [7, 11) is -2.91. The lowest BCUT2D eigenvalue weighted by atomic mass is 9.82. The number of ether oxygens (including phenoxy) is 1. The second kappa shape index (κ2) is 6.16. The minimum Gasteiger partial charge on any atom is -0.381 e. The Morgan fingerprint density at radius 1 is 1.29 bits per heavy atom. The molecule has 0 aromatic heterocycles. The topological polar surface area (TPSA) is 55.4 Å². The molecule has 0 unspecified atom stereocenters. The summed E-state index contributed by atoms with van der Waals surface area (Å²) < 4.78 is 28.5. The third kappa shape index (κ3) is 4.94. The monoisotopic (exact) mass is 263 g/mol. The lowest BCUT2D eigenvalue weighted by Crippen LogP contribution is -2.38. The normalized spacial score (nSPS) is 20.7. The highest BCUT2D eigenvalue weighted by Crippen LogP contribution is 2.28. The fourth-order valence-electron chi connectivity index (χ4n) is 1.88. The molecule has 0 atom stereocenters. The van der Waals surface area contributed by atoms with Crippen LogP contribution in [0.1, 0.15) is 33.6 Å². The summed E-state index contributed by atoms with van der Waals surface area (Å²) in [5, 5.41) is 3.00. The second-order valence-electron chi connectivity index (χ2n) is 5.52. The number of nitrogens with one attached hydrogen (secondary N) is 1. The second-order valence-corrected chi connectivity index (χ2v) is 8.19. The summed E-state index contributed by atoms with van der Waals surface area (Å²) >= 11 is 0. The third-order valence-corrected chi connectivity index (χ3v) is 5.74. The largest absolute Gasteiger partial charge is 0.381 e. The van der Waals surface area contributed by atoms with E-state index in [-0.39, 0.29) is 16.4 Å². The summed E-state index contributed by atoms with van der Waals surface area (Å²) in [6, 6.07) is 0. The van der Waals surface area contributed by atoms with Gasteiger partial charge < -0.3 is 10.1 Å². The predicted octanol–water partition coefficient (Wildman–Crippen LogP) is 1.22. The zero-order valence-electron chi connectivity index (χ0n) is 11.2. The van der Waals surface area contributed by atoms with Gasteiger partial charge in [-0.15, -0.1) is 0 Å². The van der Waals surface area contributed by atoms with Crippen molar-refractivity contribution in [3.05, 3.63) is 0 Å². The summed E-state index contributed by atoms with van der Waals surface area (Å²) in [5.74, 6) is 0.233. The first-order chi connectivity index (χ1) is 7.86. The minimum atomic E-state index is -2.91. The molecule has 0 amide bonds. The molecule has 0 aromatic carbocycles. The first kappa shape index (κ1) is 14.9. The van der Waals surface area contributed by atoms with Crippen LogP contribution in [0.4, 0.5) is 0 Å². The lowest BCUT2D eigenvalue weighted by Gasteiger charge is -2.33.